The van der Waals surface area contributed by atoms with Gasteiger partial charge in [0.1, 0.15) is 0 Å². The van der Waals surface area contributed by atoms with Gasteiger partial charge >= 0.3 is 6.03 Å². The fraction of sp³-hybridized carbons (Fsp3) is 0.389. The Morgan fingerprint density at radius 3 is 2.96 bits per heavy atom. The van der Waals surface area contributed by atoms with Crippen molar-refractivity contribution in [1.29, 1.82) is 0 Å². The minimum absolute atomic E-state index is 0.0451. The van der Waals surface area contributed by atoms with Crippen molar-refractivity contribution >= 4 is 6.03 Å². The average Bonchev–Trinajstić information content (AvgIpc) is 3.07. The van der Waals surface area contributed by atoms with Gasteiger partial charge in [-0.3, -0.25) is 0 Å². The molecule has 3 heterocycles. The van der Waals surface area contributed by atoms with Gasteiger partial charge in [0.2, 0.25) is 0 Å². The topological polar surface area (TPSA) is 67.4 Å². The average molecular weight is 324 g/mol. The number of fused-ring (bicyclic) bond motifs is 2. The van der Waals surface area contributed by atoms with Crippen molar-refractivity contribution in [3.8, 4) is 11.4 Å². The largest absolute Gasteiger partial charge is 0.376 e. The van der Waals surface area contributed by atoms with Crippen LogP contribution < -0.4 is 5.32 Å². The van der Waals surface area contributed by atoms with E-state index in [-0.39, 0.29) is 11.4 Å². The van der Waals surface area contributed by atoms with Gasteiger partial charge in [0.25, 0.3) is 0 Å². The third-order valence-electron chi connectivity index (χ3n) is 4.89. The van der Waals surface area contributed by atoms with Gasteiger partial charge in [0, 0.05) is 37.5 Å². The summed E-state index contributed by atoms with van der Waals surface area (Å²) in [6, 6.07) is 9.93. The first kappa shape index (κ1) is 15.1. The van der Waals surface area contributed by atoms with Crippen LogP contribution >= 0.6 is 0 Å². The van der Waals surface area contributed by atoms with Crippen molar-refractivity contribution in [2.45, 2.75) is 18.4 Å². The zero-order chi connectivity index (χ0) is 16.6. The lowest BCUT2D eigenvalue weighted by Gasteiger charge is -2.34. The normalized spacial score (nSPS) is 22.5. The van der Waals surface area contributed by atoms with E-state index in [0.717, 1.165) is 29.1 Å². The summed E-state index contributed by atoms with van der Waals surface area (Å²) in [7, 11) is 1.66. The Hall–Kier alpha value is -2.47. The summed E-state index contributed by atoms with van der Waals surface area (Å²) < 4.78 is 5.80. The lowest BCUT2D eigenvalue weighted by molar-refractivity contribution is 0.0519. The van der Waals surface area contributed by atoms with Crippen LogP contribution in [0.1, 0.15) is 17.7 Å². The van der Waals surface area contributed by atoms with Crippen molar-refractivity contribution < 1.29 is 9.53 Å². The van der Waals surface area contributed by atoms with Crippen molar-refractivity contribution in [1.82, 2.24) is 20.2 Å². The molecular formula is C18H20N4O2. The van der Waals surface area contributed by atoms with Gasteiger partial charge in [-0.2, -0.15) is 0 Å². The molecule has 24 heavy (non-hydrogen) atoms. The molecule has 6 heteroatoms. The molecule has 2 aliphatic heterocycles. The van der Waals surface area contributed by atoms with Crippen LogP contribution in [-0.2, 0) is 16.8 Å². The lowest BCUT2D eigenvalue weighted by atomic mass is 9.80. The predicted molar refractivity (Wildman–Crippen MR) is 89.4 cm³/mol. The summed E-state index contributed by atoms with van der Waals surface area (Å²) in [4.78, 5) is 23.2. The molecule has 0 aliphatic carbocycles. The van der Waals surface area contributed by atoms with Crippen molar-refractivity contribution in [3.05, 3.63) is 47.8 Å². The van der Waals surface area contributed by atoms with Crippen LogP contribution in [0, 0.1) is 0 Å². The van der Waals surface area contributed by atoms with Crippen molar-refractivity contribution in [3.63, 3.8) is 0 Å². The Labute approximate surface area is 140 Å². The molecule has 0 radical (unpaired) electrons. The van der Waals surface area contributed by atoms with Gasteiger partial charge in [-0.15, -0.1) is 0 Å². The number of likely N-dealkylation sites (tertiary alicyclic amines) is 1. The molecule has 0 bridgehead atoms. The first-order chi connectivity index (χ1) is 11.7. The Morgan fingerprint density at radius 1 is 1.33 bits per heavy atom. The number of hydrogen-bond donors (Lipinski definition) is 1. The molecule has 1 atom stereocenters. The molecule has 2 aromatic rings. The lowest BCUT2D eigenvalue weighted by Crippen LogP contribution is -2.43. The maximum atomic E-state index is 12.0. The number of rotatable bonds is 1. The van der Waals surface area contributed by atoms with Gasteiger partial charge in [-0.25, -0.2) is 14.8 Å². The Morgan fingerprint density at radius 2 is 2.17 bits per heavy atom. The number of amides is 2. The summed E-state index contributed by atoms with van der Waals surface area (Å²) in [5.41, 5.74) is 2.84. The standard InChI is InChI=1S/C18H20N4O2/c1-19-17(23)22-8-7-18(11-22)12-24-10-14-9-20-16(21-15(14)18)13-5-3-2-4-6-13/h2-6,9H,7-8,10-12H2,1H3,(H,19,23)/t18-/m0/s1. The van der Waals surface area contributed by atoms with E-state index < -0.39 is 0 Å². The fourth-order valence-electron chi connectivity index (χ4n) is 3.64. The number of aromatic nitrogens is 2. The molecule has 1 fully saturated rings. The summed E-state index contributed by atoms with van der Waals surface area (Å²) >= 11 is 0. The fourth-order valence-corrected chi connectivity index (χ4v) is 3.64. The summed E-state index contributed by atoms with van der Waals surface area (Å²) in [6.07, 6.45) is 2.73. The summed E-state index contributed by atoms with van der Waals surface area (Å²) in [5.74, 6) is 0.731. The second kappa shape index (κ2) is 5.87. The van der Waals surface area contributed by atoms with E-state index in [1.807, 2.05) is 41.4 Å². The number of nitrogens with zero attached hydrogens (tertiary/aromatic N) is 3. The number of benzene rings is 1. The first-order valence-electron chi connectivity index (χ1n) is 8.18. The van der Waals surface area contributed by atoms with Crippen LogP contribution in [0.3, 0.4) is 0 Å². The molecule has 6 nitrogen and oxygen atoms in total. The molecule has 0 saturated carbocycles. The monoisotopic (exact) mass is 324 g/mol. The molecule has 1 saturated heterocycles. The van der Waals surface area contributed by atoms with Gasteiger partial charge < -0.3 is 15.0 Å². The van der Waals surface area contributed by atoms with Gasteiger partial charge in [0.05, 0.1) is 24.3 Å². The van der Waals surface area contributed by atoms with Crippen LogP contribution in [0.5, 0.6) is 0 Å². The molecule has 1 aromatic carbocycles. The van der Waals surface area contributed by atoms with Crippen LogP contribution in [0.25, 0.3) is 11.4 Å². The molecule has 124 valence electrons. The highest BCUT2D eigenvalue weighted by atomic mass is 16.5. The molecule has 1 aromatic heterocycles. The van der Waals surface area contributed by atoms with E-state index in [2.05, 4.69) is 10.3 Å². The van der Waals surface area contributed by atoms with E-state index in [1.165, 1.54) is 0 Å². The third-order valence-corrected chi connectivity index (χ3v) is 4.89. The van der Waals surface area contributed by atoms with Gasteiger partial charge in [-0.05, 0) is 6.42 Å². The van der Waals surface area contributed by atoms with E-state index >= 15 is 0 Å². The molecule has 0 unspecified atom stereocenters. The number of carbonyl (C=O) groups is 1. The Balaban J connectivity index is 1.73. The molecular weight excluding hydrogens is 304 g/mol. The molecule has 1 N–H and O–H groups in total. The van der Waals surface area contributed by atoms with E-state index in [9.17, 15) is 4.79 Å². The van der Waals surface area contributed by atoms with Crippen LogP contribution in [0.2, 0.25) is 0 Å². The van der Waals surface area contributed by atoms with Gasteiger partial charge in [-0.1, -0.05) is 30.3 Å². The summed E-state index contributed by atoms with van der Waals surface area (Å²) in [6.45, 7) is 2.48. The number of carbonyl (C=O) groups excluding carboxylic acids is 1. The van der Waals surface area contributed by atoms with Crippen molar-refractivity contribution in [2.24, 2.45) is 0 Å². The third kappa shape index (κ3) is 2.43. The second-order valence-electron chi connectivity index (χ2n) is 6.43. The van der Waals surface area contributed by atoms with E-state index in [4.69, 9.17) is 9.72 Å². The Kier molecular flexibility index (Phi) is 3.69. The van der Waals surface area contributed by atoms with E-state index in [0.29, 0.717) is 26.3 Å². The highest BCUT2D eigenvalue weighted by Gasteiger charge is 2.46. The highest BCUT2D eigenvalue weighted by molar-refractivity contribution is 5.74. The smallest absolute Gasteiger partial charge is 0.317 e. The zero-order valence-corrected chi connectivity index (χ0v) is 13.7. The SMILES string of the molecule is CNC(=O)N1CC[C@@]2(COCc3cnc(-c4ccccc4)nc32)C1. The summed E-state index contributed by atoms with van der Waals surface area (Å²) in [5, 5.41) is 2.70. The number of urea groups is 1. The number of hydrogen-bond acceptors (Lipinski definition) is 4. The van der Waals surface area contributed by atoms with Crippen LogP contribution in [0.15, 0.2) is 36.5 Å². The minimum Gasteiger partial charge on any atom is -0.376 e. The minimum atomic E-state index is -0.230. The molecule has 2 amide bonds. The number of nitrogens with one attached hydrogen (secondary N) is 1. The second-order valence-corrected chi connectivity index (χ2v) is 6.43. The molecule has 2 aliphatic rings. The van der Waals surface area contributed by atoms with Crippen LogP contribution in [-0.4, -0.2) is 47.6 Å². The molecule has 1 spiro atoms. The maximum absolute atomic E-state index is 12.0. The zero-order valence-electron chi connectivity index (χ0n) is 13.7. The number of ether oxygens (including phenoxy) is 1. The van der Waals surface area contributed by atoms with E-state index in [1.54, 1.807) is 7.05 Å². The van der Waals surface area contributed by atoms with Crippen molar-refractivity contribution in [2.75, 3.05) is 26.7 Å². The molecule has 4 rings (SSSR count). The Bertz CT molecular complexity index is 765. The van der Waals surface area contributed by atoms with Gasteiger partial charge in [0.15, 0.2) is 5.82 Å². The highest BCUT2D eigenvalue weighted by Crippen LogP contribution is 2.39. The predicted octanol–water partition coefficient (Wildman–Crippen LogP) is 1.96. The maximum Gasteiger partial charge on any atom is 0.317 e. The quantitative estimate of drug-likeness (QED) is 0.871. The first-order valence-corrected chi connectivity index (χ1v) is 8.18. The van der Waals surface area contributed by atoms with Crippen LogP contribution in [0.4, 0.5) is 4.79 Å².